The zero-order chi connectivity index (χ0) is 25.7. The lowest BCUT2D eigenvalue weighted by molar-refractivity contribution is 0.0955. The fourth-order valence-corrected chi connectivity index (χ4v) is 6.42. The Hall–Kier alpha value is -3.75. The van der Waals surface area contributed by atoms with Crippen molar-refractivity contribution < 1.29 is 19.4 Å². The number of fused-ring (bicyclic) bond motifs is 4. The maximum absolute atomic E-state index is 13.6. The van der Waals surface area contributed by atoms with E-state index in [1.807, 2.05) is 43.3 Å². The largest absolute Gasteiger partial charge is 0.506 e. The van der Waals surface area contributed by atoms with Gasteiger partial charge in [-0.1, -0.05) is 0 Å². The number of aromatic hydroxyl groups is 1. The predicted octanol–water partition coefficient (Wildman–Crippen LogP) is 6.36. The Kier molecular flexibility index (Phi) is 5.93. The van der Waals surface area contributed by atoms with Crippen LogP contribution in [0.5, 0.6) is 11.5 Å². The second kappa shape index (κ2) is 9.28. The molecule has 2 aromatic carbocycles. The Morgan fingerprint density at radius 2 is 2.05 bits per heavy atom. The summed E-state index contributed by atoms with van der Waals surface area (Å²) in [4.78, 5) is 34.5. The molecule has 3 N–H and O–H groups in total. The highest BCUT2D eigenvalue weighted by atomic mass is 35.5. The van der Waals surface area contributed by atoms with Crippen LogP contribution in [-0.2, 0) is 0 Å². The standard InChI is InChI=1S/C28H24ClN3O4S/c1-15-26(34)19-5-7-23-25(27(19)37-15)17(13-29)14-32(23)28(35)22-12-16-11-18(4-6-20(16)31-22)36-10-8-24(33)21-3-2-9-30-21/h2-7,9,11-12,17,30-31,34H,8,10,13-14H2,1H3/t17-/m0/s1. The molecule has 0 saturated carbocycles. The van der Waals surface area contributed by atoms with Gasteiger partial charge in [-0.2, -0.15) is 0 Å². The number of aromatic nitrogens is 2. The average molecular weight is 534 g/mol. The van der Waals surface area contributed by atoms with Crippen LogP contribution in [0.4, 0.5) is 5.69 Å². The van der Waals surface area contributed by atoms with E-state index < -0.39 is 0 Å². The number of nitrogens with zero attached hydrogens (tertiary/aromatic N) is 1. The van der Waals surface area contributed by atoms with E-state index in [0.29, 0.717) is 35.3 Å². The Labute approximate surface area is 221 Å². The maximum Gasteiger partial charge on any atom is 0.274 e. The maximum atomic E-state index is 13.6. The Morgan fingerprint density at radius 3 is 2.84 bits per heavy atom. The van der Waals surface area contributed by atoms with E-state index in [2.05, 4.69) is 9.97 Å². The second-order valence-corrected chi connectivity index (χ2v) is 10.7. The van der Waals surface area contributed by atoms with E-state index in [9.17, 15) is 14.7 Å². The SMILES string of the molecule is Cc1sc2c3c(ccc2c1O)N(C(=O)c1cc2cc(OCCC(=O)c4ccc[nH]4)ccc2[nH]1)C[C@@H]3CCl. The lowest BCUT2D eigenvalue weighted by Gasteiger charge is -2.16. The fourth-order valence-electron chi connectivity index (χ4n) is 5.00. The van der Waals surface area contributed by atoms with E-state index in [1.165, 1.54) is 11.3 Å². The van der Waals surface area contributed by atoms with Gasteiger partial charge in [0.25, 0.3) is 5.91 Å². The monoisotopic (exact) mass is 533 g/mol. The van der Waals surface area contributed by atoms with Crippen LogP contribution < -0.4 is 9.64 Å². The Morgan fingerprint density at radius 1 is 1.19 bits per heavy atom. The van der Waals surface area contributed by atoms with Crippen molar-refractivity contribution in [3.63, 3.8) is 0 Å². The van der Waals surface area contributed by atoms with Crippen molar-refractivity contribution in [3.05, 3.63) is 76.6 Å². The normalized spacial score (nSPS) is 15.0. The third-order valence-electron chi connectivity index (χ3n) is 6.87. The van der Waals surface area contributed by atoms with E-state index in [-0.39, 0.29) is 30.6 Å². The minimum Gasteiger partial charge on any atom is -0.506 e. The van der Waals surface area contributed by atoms with Crippen molar-refractivity contribution in [3.8, 4) is 11.5 Å². The van der Waals surface area contributed by atoms with Crippen LogP contribution in [0.1, 0.15) is 43.8 Å². The Balaban J connectivity index is 1.23. The number of anilines is 1. The van der Waals surface area contributed by atoms with Crippen LogP contribution in [0.25, 0.3) is 21.0 Å². The third-order valence-corrected chi connectivity index (χ3v) is 8.39. The summed E-state index contributed by atoms with van der Waals surface area (Å²) in [5, 5.41) is 12.1. The van der Waals surface area contributed by atoms with Gasteiger partial charge in [0, 0.05) is 62.5 Å². The quantitative estimate of drug-likeness (QED) is 0.167. The van der Waals surface area contributed by atoms with Gasteiger partial charge >= 0.3 is 0 Å². The molecular formula is C28H24ClN3O4S. The van der Waals surface area contributed by atoms with Crippen molar-refractivity contribution in [1.82, 2.24) is 9.97 Å². The van der Waals surface area contributed by atoms with Crippen LogP contribution in [0.15, 0.2) is 54.7 Å². The number of aryl methyl sites for hydroxylation is 1. The van der Waals surface area contributed by atoms with Crippen LogP contribution in [0.3, 0.4) is 0 Å². The number of carbonyl (C=O) groups excluding carboxylic acids is 2. The summed E-state index contributed by atoms with van der Waals surface area (Å²) >= 11 is 7.86. The summed E-state index contributed by atoms with van der Waals surface area (Å²) in [5.41, 5.74) is 3.72. The van der Waals surface area contributed by atoms with Gasteiger partial charge in [-0.15, -0.1) is 22.9 Å². The molecular weight excluding hydrogens is 510 g/mol. The minimum atomic E-state index is -0.138. The van der Waals surface area contributed by atoms with Crippen LogP contribution in [0.2, 0.25) is 0 Å². The summed E-state index contributed by atoms with van der Waals surface area (Å²) in [5.74, 6) is 1.15. The number of nitrogens with one attached hydrogen (secondary N) is 2. The molecule has 0 unspecified atom stereocenters. The number of ether oxygens (including phenoxy) is 1. The van der Waals surface area contributed by atoms with E-state index in [0.717, 1.165) is 37.1 Å². The first-order valence-electron chi connectivity index (χ1n) is 12.0. The number of rotatable bonds is 7. The average Bonchev–Trinajstić information content (AvgIpc) is 3.69. The highest BCUT2D eigenvalue weighted by Gasteiger charge is 2.35. The number of hydrogen-bond acceptors (Lipinski definition) is 5. The molecule has 4 heterocycles. The van der Waals surface area contributed by atoms with Crippen molar-refractivity contribution in [1.29, 1.82) is 0 Å². The molecule has 6 rings (SSSR count). The van der Waals surface area contributed by atoms with E-state index in [4.69, 9.17) is 16.3 Å². The number of H-pyrrole nitrogens is 2. The second-order valence-electron chi connectivity index (χ2n) is 9.19. The first kappa shape index (κ1) is 23.6. The van der Waals surface area contributed by atoms with Crippen molar-refractivity contribution in [2.24, 2.45) is 0 Å². The zero-order valence-electron chi connectivity index (χ0n) is 20.0. The molecule has 1 amide bonds. The summed E-state index contributed by atoms with van der Waals surface area (Å²) < 4.78 is 6.79. The molecule has 1 atom stereocenters. The molecule has 188 valence electrons. The Bertz CT molecular complexity index is 1650. The van der Waals surface area contributed by atoms with Crippen LogP contribution in [0, 0.1) is 6.92 Å². The van der Waals surface area contributed by atoms with Crippen molar-refractivity contribution >= 4 is 61.3 Å². The van der Waals surface area contributed by atoms with E-state index >= 15 is 0 Å². The van der Waals surface area contributed by atoms with Gasteiger partial charge in [0.15, 0.2) is 5.78 Å². The smallest absolute Gasteiger partial charge is 0.274 e. The molecule has 0 saturated heterocycles. The summed E-state index contributed by atoms with van der Waals surface area (Å²) in [6.45, 7) is 2.63. The van der Waals surface area contributed by atoms with Gasteiger partial charge in [-0.05, 0) is 61.0 Å². The van der Waals surface area contributed by atoms with Gasteiger partial charge in [0.1, 0.15) is 17.2 Å². The number of benzene rings is 2. The van der Waals surface area contributed by atoms with Crippen LogP contribution >= 0.6 is 22.9 Å². The highest BCUT2D eigenvalue weighted by molar-refractivity contribution is 7.19. The van der Waals surface area contributed by atoms with Crippen LogP contribution in [-0.4, -0.2) is 45.8 Å². The highest BCUT2D eigenvalue weighted by Crippen LogP contribution is 2.48. The molecule has 5 aromatic rings. The molecule has 37 heavy (non-hydrogen) atoms. The number of halogens is 1. The lowest BCUT2D eigenvalue weighted by atomic mass is 10.0. The van der Waals surface area contributed by atoms with Crippen molar-refractivity contribution in [2.45, 2.75) is 19.3 Å². The lowest BCUT2D eigenvalue weighted by Crippen LogP contribution is -2.30. The van der Waals surface area contributed by atoms with Gasteiger partial charge < -0.3 is 24.7 Å². The molecule has 7 nitrogen and oxygen atoms in total. The summed E-state index contributed by atoms with van der Waals surface area (Å²) in [6, 6.07) is 14.7. The molecule has 1 aliphatic rings. The number of carbonyl (C=O) groups is 2. The molecule has 9 heteroatoms. The molecule has 0 bridgehead atoms. The van der Waals surface area contributed by atoms with E-state index in [1.54, 1.807) is 23.2 Å². The zero-order valence-corrected chi connectivity index (χ0v) is 21.6. The first-order chi connectivity index (χ1) is 17.9. The third kappa shape index (κ3) is 4.06. The topological polar surface area (TPSA) is 98.4 Å². The van der Waals surface area contributed by atoms with Crippen molar-refractivity contribution in [2.75, 3.05) is 23.9 Å². The van der Waals surface area contributed by atoms with Gasteiger partial charge in [0.05, 0.1) is 12.3 Å². The molecule has 0 spiro atoms. The molecule has 1 aliphatic heterocycles. The summed E-state index contributed by atoms with van der Waals surface area (Å²) in [7, 11) is 0. The minimum absolute atomic E-state index is 0.00746. The molecule has 3 aromatic heterocycles. The first-order valence-corrected chi connectivity index (χ1v) is 13.3. The fraction of sp³-hybridized carbons (Fsp3) is 0.214. The number of aromatic amines is 2. The molecule has 0 radical (unpaired) electrons. The number of hydrogen-bond donors (Lipinski definition) is 3. The summed E-state index contributed by atoms with van der Waals surface area (Å²) in [6.07, 6.45) is 1.98. The van der Waals surface area contributed by atoms with Gasteiger partial charge in [-0.25, -0.2) is 0 Å². The predicted molar refractivity (Wildman–Crippen MR) is 147 cm³/mol. The number of Topliss-reactive ketones (excluding diaryl/α,β-unsaturated/α-hetero) is 1. The van der Waals surface area contributed by atoms with Gasteiger partial charge in [0.2, 0.25) is 0 Å². The van der Waals surface area contributed by atoms with Gasteiger partial charge in [-0.3, -0.25) is 9.59 Å². The number of alkyl halides is 1. The molecule has 0 fully saturated rings. The molecule has 0 aliphatic carbocycles. The number of thiophene rings is 1. The number of ketones is 1. The number of amides is 1.